The Morgan fingerprint density at radius 1 is 1.44 bits per heavy atom. The Balaban J connectivity index is 2.79. The largest absolute Gasteiger partial charge is 0.508 e. The summed E-state index contributed by atoms with van der Waals surface area (Å²) in [5.74, 6) is -0.362. The van der Waals surface area contributed by atoms with Crippen molar-refractivity contribution in [2.75, 3.05) is 0 Å². The maximum absolute atomic E-state index is 10.8. The standard InChI is InChI=1S/C14H21NO3/c1-3-10(8-13(15)14(17)18)9(2)11-5-4-6-12(16)7-11/h4-7,9-10,13,16H,3,8,15H2,1-2H3,(H,17,18). The van der Waals surface area contributed by atoms with E-state index < -0.39 is 12.0 Å². The van der Waals surface area contributed by atoms with Gasteiger partial charge in [0.2, 0.25) is 0 Å². The molecule has 0 spiro atoms. The highest BCUT2D eigenvalue weighted by molar-refractivity contribution is 5.73. The zero-order valence-corrected chi connectivity index (χ0v) is 10.8. The molecular weight excluding hydrogens is 230 g/mol. The molecule has 3 atom stereocenters. The Hall–Kier alpha value is -1.55. The molecule has 0 fully saturated rings. The van der Waals surface area contributed by atoms with Gasteiger partial charge in [0.05, 0.1) is 0 Å². The fraction of sp³-hybridized carbons (Fsp3) is 0.500. The number of phenols is 1. The van der Waals surface area contributed by atoms with Crippen LogP contribution in [0.1, 0.15) is 38.2 Å². The molecular formula is C14H21NO3. The molecule has 0 aliphatic carbocycles. The highest BCUT2D eigenvalue weighted by Crippen LogP contribution is 2.31. The molecule has 0 amide bonds. The van der Waals surface area contributed by atoms with Gasteiger partial charge in [-0.25, -0.2) is 0 Å². The number of phenolic OH excluding ortho intramolecular Hbond substituents is 1. The summed E-state index contributed by atoms with van der Waals surface area (Å²) >= 11 is 0. The predicted octanol–water partition coefficient (Wildman–Crippen LogP) is 2.32. The maximum Gasteiger partial charge on any atom is 0.320 e. The number of nitrogens with two attached hydrogens (primary N) is 1. The number of hydrogen-bond donors (Lipinski definition) is 3. The van der Waals surface area contributed by atoms with Gasteiger partial charge in [-0.15, -0.1) is 0 Å². The quantitative estimate of drug-likeness (QED) is 0.724. The highest BCUT2D eigenvalue weighted by Gasteiger charge is 2.23. The van der Waals surface area contributed by atoms with E-state index in [-0.39, 0.29) is 17.6 Å². The zero-order chi connectivity index (χ0) is 13.7. The molecule has 3 unspecified atom stereocenters. The predicted molar refractivity (Wildman–Crippen MR) is 70.5 cm³/mol. The van der Waals surface area contributed by atoms with E-state index in [2.05, 4.69) is 0 Å². The van der Waals surface area contributed by atoms with E-state index in [0.717, 1.165) is 12.0 Å². The number of carboxylic acid groups (broad SMARTS) is 1. The van der Waals surface area contributed by atoms with Crippen molar-refractivity contribution >= 4 is 5.97 Å². The zero-order valence-electron chi connectivity index (χ0n) is 10.8. The maximum atomic E-state index is 10.8. The van der Waals surface area contributed by atoms with Crippen molar-refractivity contribution in [3.8, 4) is 5.75 Å². The van der Waals surface area contributed by atoms with Crippen LogP contribution in [0.5, 0.6) is 5.75 Å². The van der Waals surface area contributed by atoms with E-state index in [1.54, 1.807) is 18.2 Å². The average Bonchev–Trinajstić information content (AvgIpc) is 2.34. The van der Waals surface area contributed by atoms with Gasteiger partial charge in [0.1, 0.15) is 11.8 Å². The van der Waals surface area contributed by atoms with Gasteiger partial charge in [0.25, 0.3) is 0 Å². The van der Waals surface area contributed by atoms with Crippen molar-refractivity contribution < 1.29 is 15.0 Å². The van der Waals surface area contributed by atoms with E-state index in [1.165, 1.54) is 0 Å². The molecule has 0 aromatic heterocycles. The minimum absolute atomic E-state index is 0.174. The fourth-order valence-corrected chi connectivity index (χ4v) is 2.23. The molecule has 100 valence electrons. The fourth-order valence-electron chi connectivity index (χ4n) is 2.23. The highest BCUT2D eigenvalue weighted by atomic mass is 16.4. The lowest BCUT2D eigenvalue weighted by Crippen LogP contribution is -2.33. The third-order valence-electron chi connectivity index (χ3n) is 3.50. The molecule has 0 heterocycles. The van der Waals surface area contributed by atoms with E-state index in [4.69, 9.17) is 10.8 Å². The summed E-state index contributed by atoms with van der Waals surface area (Å²) in [4.78, 5) is 10.8. The average molecular weight is 251 g/mol. The number of carboxylic acids is 1. The van der Waals surface area contributed by atoms with Crippen LogP contribution in [0.3, 0.4) is 0 Å². The monoisotopic (exact) mass is 251 g/mol. The smallest absolute Gasteiger partial charge is 0.320 e. The molecule has 4 heteroatoms. The van der Waals surface area contributed by atoms with Crippen molar-refractivity contribution in [1.82, 2.24) is 0 Å². The second-order valence-corrected chi connectivity index (χ2v) is 4.73. The van der Waals surface area contributed by atoms with Crippen LogP contribution < -0.4 is 5.73 Å². The molecule has 0 saturated carbocycles. The van der Waals surface area contributed by atoms with Crippen molar-refractivity contribution in [2.24, 2.45) is 11.7 Å². The lowest BCUT2D eigenvalue weighted by Gasteiger charge is -2.24. The van der Waals surface area contributed by atoms with Crippen LogP contribution in [0.25, 0.3) is 0 Å². The van der Waals surface area contributed by atoms with E-state index in [1.807, 2.05) is 19.9 Å². The van der Waals surface area contributed by atoms with Crippen molar-refractivity contribution in [3.05, 3.63) is 29.8 Å². The molecule has 0 aliphatic rings. The Kier molecular flexibility index (Phi) is 5.16. The first-order valence-electron chi connectivity index (χ1n) is 6.23. The first-order chi connectivity index (χ1) is 8.45. The second kappa shape index (κ2) is 6.40. The van der Waals surface area contributed by atoms with Crippen molar-refractivity contribution in [3.63, 3.8) is 0 Å². The van der Waals surface area contributed by atoms with Gasteiger partial charge in [-0.2, -0.15) is 0 Å². The Bertz CT molecular complexity index is 406. The van der Waals surface area contributed by atoms with Gasteiger partial charge in [0, 0.05) is 0 Å². The Morgan fingerprint density at radius 3 is 2.61 bits per heavy atom. The normalized spacial score (nSPS) is 15.9. The topological polar surface area (TPSA) is 83.6 Å². The number of hydrogen-bond acceptors (Lipinski definition) is 3. The number of carbonyl (C=O) groups is 1. The van der Waals surface area contributed by atoms with Gasteiger partial charge in [-0.05, 0) is 36.0 Å². The summed E-state index contributed by atoms with van der Waals surface area (Å²) in [7, 11) is 0. The summed E-state index contributed by atoms with van der Waals surface area (Å²) in [5.41, 5.74) is 6.60. The lowest BCUT2D eigenvalue weighted by atomic mass is 9.82. The molecule has 0 radical (unpaired) electrons. The lowest BCUT2D eigenvalue weighted by molar-refractivity contribution is -0.139. The molecule has 1 aromatic carbocycles. The third kappa shape index (κ3) is 3.74. The molecule has 4 N–H and O–H groups in total. The molecule has 0 bridgehead atoms. The molecule has 0 saturated heterocycles. The first-order valence-corrected chi connectivity index (χ1v) is 6.23. The minimum atomic E-state index is -0.962. The van der Waals surface area contributed by atoms with Crippen LogP contribution in [-0.4, -0.2) is 22.2 Å². The number of aromatic hydroxyl groups is 1. The van der Waals surface area contributed by atoms with Gasteiger partial charge < -0.3 is 15.9 Å². The van der Waals surface area contributed by atoms with Crippen molar-refractivity contribution in [2.45, 2.75) is 38.6 Å². The first kappa shape index (κ1) is 14.5. The van der Waals surface area contributed by atoms with Crippen LogP contribution in [0.15, 0.2) is 24.3 Å². The van der Waals surface area contributed by atoms with Crippen LogP contribution in [0, 0.1) is 5.92 Å². The third-order valence-corrected chi connectivity index (χ3v) is 3.50. The summed E-state index contributed by atoms with van der Waals surface area (Å²) in [6, 6.07) is 6.26. The van der Waals surface area contributed by atoms with Crippen LogP contribution in [0.2, 0.25) is 0 Å². The van der Waals surface area contributed by atoms with Crippen LogP contribution >= 0.6 is 0 Å². The van der Waals surface area contributed by atoms with Gasteiger partial charge in [0.15, 0.2) is 0 Å². The molecule has 1 aromatic rings. The van der Waals surface area contributed by atoms with Crippen LogP contribution in [-0.2, 0) is 4.79 Å². The van der Waals surface area contributed by atoms with E-state index in [9.17, 15) is 9.90 Å². The van der Waals surface area contributed by atoms with Gasteiger partial charge >= 0.3 is 5.97 Å². The van der Waals surface area contributed by atoms with Gasteiger partial charge in [-0.3, -0.25) is 4.79 Å². The van der Waals surface area contributed by atoms with Crippen molar-refractivity contribution in [1.29, 1.82) is 0 Å². The Labute approximate surface area is 107 Å². The Morgan fingerprint density at radius 2 is 2.11 bits per heavy atom. The minimum Gasteiger partial charge on any atom is -0.508 e. The van der Waals surface area contributed by atoms with Crippen LogP contribution in [0.4, 0.5) is 0 Å². The van der Waals surface area contributed by atoms with E-state index >= 15 is 0 Å². The summed E-state index contributed by atoms with van der Waals surface area (Å²) in [6.45, 7) is 4.07. The van der Waals surface area contributed by atoms with E-state index in [0.29, 0.717) is 6.42 Å². The molecule has 4 nitrogen and oxygen atoms in total. The number of benzene rings is 1. The second-order valence-electron chi connectivity index (χ2n) is 4.73. The SMILES string of the molecule is CCC(CC(N)C(=O)O)C(C)c1cccc(O)c1. The molecule has 1 rings (SSSR count). The summed E-state index contributed by atoms with van der Waals surface area (Å²) < 4.78 is 0. The van der Waals surface area contributed by atoms with Gasteiger partial charge in [-0.1, -0.05) is 32.4 Å². The molecule has 0 aliphatic heterocycles. The number of rotatable bonds is 6. The summed E-state index contributed by atoms with van der Waals surface area (Å²) in [6.07, 6.45) is 1.31. The summed E-state index contributed by atoms with van der Waals surface area (Å²) in [5, 5.41) is 18.3. The number of aliphatic carboxylic acids is 1. The molecule has 18 heavy (non-hydrogen) atoms.